The number of hydrogen-bond acceptors (Lipinski definition) is 3. The van der Waals surface area contributed by atoms with Crippen molar-refractivity contribution in [3.05, 3.63) is 52.7 Å². The highest BCUT2D eigenvalue weighted by atomic mass is 35.5. The van der Waals surface area contributed by atoms with E-state index in [2.05, 4.69) is 58.0 Å². The van der Waals surface area contributed by atoms with Gasteiger partial charge in [-0.2, -0.15) is 4.98 Å². The molecular weight excluding hydrogens is 284 g/mol. The molecule has 0 saturated carbocycles. The smallest absolute Gasteiger partial charge is 0.224 e. The number of benzene rings is 1. The zero-order valence-electron chi connectivity index (χ0n) is 12.1. The maximum absolute atomic E-state index is 5.99. The van der Waals surface area contributed by atoms with E-state index in [4.69, 9.17) is 11.6 Å². The molecule has 1 unspecified atom stereocenters. The molecule has 0 spiro atoms. The van der Waals surface area contributed by atoms with E-state index < -0.39 is 0 Å². The molecule has 21 heavy (non-hydrogen) atoms. The Morgan fingerprint density at radius 1 is 1.29 bits per heavy atom. The second-order valence-electron chi connectivity index (χ2n) is 5.41. The van der Waals surface area contributed by atoms with Crippen molar-refractivity contribution in [3.63, 3.8) is 0 Å². The molecule has 108 valence electrons. The Balaban J connectivity index is 1.80. The summed E-state index contributed by atoms with van der Waals surface area (Å²) in [7, 11) is 0. The molecule has 0 aliphatic carbocycles. The molecule has 2 aromatic heterocycles. The van der Waals surface area contributed by atoms with Crippen LogP contribution in [0.15, 0.2) is 30.6 Å². The standard InChI is InChI=1S/C16H17ClN4/c1-10-4-3-5-12(8-10)7-6-11(2)13-14-15(19-9-18-14)21-16(17)20-13/h3-5,8-9,11H,6-7H2,1-2H3,(H,18,19,20,21). The molecule has 0 fully saturated rings. The molecule has 0 aliphatic rings. The molecule has 2 heterocycles. The van der Waals surface area contributed by atoms with Gasteiger partial charge < -0.3 is 4.98 Å². The van der Waals surface area contributed by atoms with Crippen LogP contribution in [0.1, 0.15) is 36.1 Å². The van der Waals surface area contributed by atoms with E-state index in [1.54, 1.807) is 6.33 Å². The molecule has 1 atom stereocenters. The highest BCUT2D eigenvalue weighted by molar-refractivity contribution is 6.28. The summed E-state index contributed by atoms with van der Waals surface area (Å²) in [6.45, 7) is 4.28. The van der Waals surface area contributed by atoms with Crippen LogP contribution in [-0.4, -0.2) is 19.9 Å². The number of rotatable bonds is 4. The van der Waals surface area contributed by atoms with Crippen molar-refractivity contribution in [1.29, 1.82) is 0 Å². The van der Waals surface area contributed by atoms with Gasteiger partial charge in [0.2, 0.25) is 5.28 Å². The van der Waals surface area contributed by atoms with Crippen LogP contribution in [0.5, 0.6) is 0 Å². The van der Waals surface area contributed by atoms with E-state index in [-0.39, 0.29) is 11.2 Å². The summed E-state index contributed by atoms with van der Waals surface area (Å²) >= 11 is 5.99. The minimum absolute atomic E-state index is 0.256. The molecule has 1 aromatic carbocycles. The molecule has 0 aliphatic heterocycles. The van der Waals surface area contributed by atoms with Gasteiger partial charge in [0.1, 0.15) is 5.52 Å². The first kappa shape index (κ1) is 14.0. The first-order valence-electron chi connectivity index (χ1n) is 7.05. The summed E-state index contributed by atoms with van der Waals surface area (Å²) < 4.78 is 0. The van der Waals surface area contributed by atoms with Crippen molar-refractivity contribution in [2.45, 2.75) is 32.6 Å². The average molecular weight is 301 g/mol. The highest BCUT2D eigenvalue weighted by Crippen LogP contribution is 2.25. The van der Waals surface area contributed by atoms with Crippen LogP contribution in [0, 0.1) is 6.92 Å². The van der Waals surface area contributed by atoms with Gasteiger partial charge in [-0.15, -0.1) is 0 Å². The highest BCUT2D eigenvalue weighted by Gasteiger charge is 2.15. The molecular formula is C16H17ClN4. The van der Waals surface area contributed by atoms with Crippen molar-refractivity contribution in [1.82, 2.24) is 19.9 Å². The van der Waals surface area contributed by atoms with Gasteiger partial charge in [-0.25, -0.2) is 9.97 Å². The van der Waals surface area contributed by atoms with Crippen LogP contribution < -0.4 is 0 Å². The zero-order chi connectivity index (χ0) is 14.8. The Morgan fingerprint density at radius 2 is 2.14 bits per heavy atom. The SMILES string of the molecule is Cc1cccc(CCC(C)c2nc(Cl)nc3nc[nH]c23)c1. The average Bonchev–Trinajstić information content (AvgIpc) is 2.92. The first-order valence-corrected chi connectivity index (χ1v) is 7.43. The van der Waals surface area contributed by atoms with Crippen LogP contribution in [-0.2, 0) is 6.42 Å². The van der Waals surface area contributed by atoms with Crippen LogP contribution >= 0.6 is 11.6 Å². The first-order chi connectivity index (χ1) is 10.1. The fourth-order valence-electron chi connectivity index (χ4n) is 2.57. The number of nitrogens with zero attached hydrogens (tertiary/aromatic N) is 3. The quantitative estimate of drug-likeness (QED) is 0.740. The third-order valence-electron chi connectivity index (χ3n) is 3.70. The molecule has 0 amide bonds. The zero-order valence-corrected chi connectivity index (χ0v) is 12.9. The van der Waals surface area contributed by atoms with Gasteiger partial charge in [0.25, 0.3) is 0 Å². The predicted octanol–water partition coefficient (Wildman–Crippen LogP) is 4.05. The van der Waals surface area contributed by atoms with Crippen molar-refractivity contribution < 1.29 is 0 Å². The van der Waals surface area contributed by atoms with Crippen molar-refractivity contribution in [2.24, 2.45) is 0 Å². The number of fused-ring (bicyclic) bond motifs is 1. The van der Waals surface area contributed by atoms with E-state index in [0.29, 0.717) is 5.65 Å². The number of aromatic nitrogens is 4. The van der Waals surface area contributed by atoms with Crippen molar-refractivity contribution in [2.75, 3.05) is 0 Å². The molecule has 0 bridgehead atoms. The summed E-state index contributed by atoms with van der Waals surface area (Å²) in [5.41, 5.74) is 5.10. The van der Waals surface area contributed by atoms with Gasteiger partial charge in [0.05, 0.1) is 12.0 Å². The van der Waals surface area contributed by atoms with E-state index in [1.165, 1.54) is 11.1 Å². The van der Waals surface area contributed by atoms with Crippen LogP contribution in [0.3, 0.4) is 0 Å². The van der Waals surface area contributed by atoms with Crippen LogP contribution in [0.4, 0.5) is 0 Å². The predicted molar refractivity (Wildman–Crippen MR) is 84.6 cm³/mol. The summed E-state index contributed by atoms with van der Waals surface area (Å²) in [6, 6.07) is 8.61. The second kappa shape index (κ2) is 5.82. The summed E-state index contributed by atoms with van der Waals surface area (Å²) in [4.78, 5) is 15.8. The minimum atomic E-state index is 0.256. The number of hydrogen-bond donors (Lipinski definition) is 1. The normalized spacial score (nSPS) is 12.7. The Morgan fingerprint density at radius 3 is 2.95 bits per heavy atom. The Hall–Kier alpha value is -1.94. The minimum Gasteiger partial charge on any atom is -0.342 e. The van der Waals surface area contributed by atoms with Gasteiger partial charge in [0, 0.05) is 5.92 Å². The van der Waals surface area contributed by atoms with E-state index in [9.17, 15) is 0 Å². The molecule has 1 N–H and O–H groups in total. The summed E-state index contributed by atoms with van der Waals surface area (Å²) in [5.74, 6) is 0.286. The lowest BCUT2D eigenvalue weighted by molar-refractivity contribution is 0.663. The lowest BCUT2D eigenvalue weighted by Crippen LogP contribution is -2.02. The van der Waals surface area contributed by atoms with Crippen LogP contribution in [0.25, 0.3) is 11.2 Å². The molecule has 3 rings (SSSR count). The lowest BCUT2D eigenvalue weighted by atomic mass is 9.97. The van der Waals surface area contributed by atoms with Crippen LogP contribution in [0.2, 0.25) is 5.28 Å². The molecule has 5 heteroatoms. The number of aromatic amines is 1. The third-order valence-corrected chi connectivity index (χ3v) is 3.87. The fraction of sp³-hybridized carbons (Fsp3) is 0.312. The number of aryl methyl sites for hydroxylation is 2. The van der Waals surface area contributed by atoms with E-state index in [1.807, 2.05) is 0 Å². The lowest BCUT2D eigenvalue weighted by Gasteiger charge is -2.12. The van der Waals surface area contributed by atoms with Gasteiger partial charge in [-0.05, 0) is 36.9 Å². The van der Waals surface area contributed by atoms with E-state index >= 15 is 0 Å². The fourth-order valence-corrected chi connectivity index (χ4v) is 2.74. The van der Waals surface area contributed by atoms with E-state index in [0.717, 1.165) is 24.1 Å². The largest absolute Gasteiger partial charge is 0.342 e. The number of nitrogens with one attached hydrogen (secondary N) is 1. The van der Waals surface area contributed by atoms with Crippen molar-refractivity contribution >= 4 is 22.8 Å². The monoisotopic (exact) mass is 300 g/mol. The van der Waals surface area contributed by atoms with Gasteiger partial charge in [-0.3, -0.25) is 0 Å². The maximum Gasteiger partial charge on any atom is 0.224 e. The number of imidazole rings is 1. The summed E-state index contributed by atoms with van der Waals surface area (Å²) in [6.07, 6.45) is 3.65. The topological polar surface area (TPSA) is 54.5 Å². The molecule has 4 nitrogen and oxygen atoms in total. The molecule has 3 aromatic rings. The van der Waals surface area contributed by atoms with Gasteiger partial charge >= 0.3 is 0 Å². The van der Waals surface area contributed by atoms with Crippen molar-refractivity contribution in [3.8, 4) is 0 Å². The summed E-state index contributed by atoms with van der Waals surface area (Å²) in [5, 5.41) is 0.256. The maximum atomic E-state index is 5.99. The Labute approximate surface area is 128 Å². The molecule has 0 saturated heterocycles. The Bertz CT molecular complexity index is 766. The van der Waals surface area contributed by atoms with Gasteiger partial charge in [-0.1, -0.05) is 36.8 Å². The number of H-pyrrole nitrogens is 1. The molecule has 0 radical (unpaired) electrons. The number of halogens is 1. The van der Waals surface area contributed by atoms with Gasteiger partial charge in [0.15, 0.2) is 5.65 Å². The third kappa shape index (κ3) is 3.05. The second-order valence-corrected chi connectivity index (χ2v) is 5.75. The Kier molecular flexibility index (Phi) is 3.88.